The zero-order chi connectivity index (χ0) is 25.4. The van der Waals surface area contributed by atoms with E-state index in [2.05, 4.69) is 21.2 Å². The van der Waals surface area contributed by atoms with Gasteiger partial charge in [0.15, 0.2) is 5.84 Å². The summed E-state index contributed by atoms with van der Waals surface area (Å²) in [5.74, 6) is -3.86. The molecule has 9 nitrogen and oxygen atoms in total. The Morgan fingerprint density at radius 1 is 1.26 bits per heavy atom. The molecule has 3 heterocycles. The molecular weight excluding hydrogens is 476 g/mol. The maximum Gasteiger partial charge on any atom is 0.490 e. The van der Waals surface area contributed by atoms with E-state index >= 15 is 0 Å². The number of halogens is 6. The number of ether oxygens (including phenoxy) is 1. The summed E-state index contributed by atoms with van der Waals surface area (Å²) < 4.78 is 77.6. The predicted octanol–water partition coefficient (Wildman–Crippen LogP) is 2.40. The van der Waals surface area contributed by atoms with Gasteiger partial charge in [-0.2, -0.15) is 31.4 Å². The first-order valence-electron chi connectivity index (χ1n) is 10.0. The van der Waals surface area contributed by atoms with Gasteiger partial charge >= 0.3 is 18.3 Å². The van der Waals surface area contributed by atoms with E-state index in [1.807, 2.05) is 0 Å². The standard InChI is InChI=1S/C17H20F3N5O2.C2HF3O2/c1-8(17(18,19)20)11-3-14-13(4-12(11)22-10-5-21-6-10)25-9(2)16(26)24-23-15(25)7-27-14;3-2(4,5)1(6)7/h3-4,8-10,21-22H,5-7H2,1-2H3,(H,24,26);(H,6,7). The highest BCUT2D eigenvalue weighted by Crippen LogP contribution is 2.45. The summed E-state index contributed by atoms with van der Waals surface area (Å²) in [6.45, 7) is 4.30. The lowest BCUT2D eigenvalue weighted by molar-refractivity contribution is -0.192. The van der Waals surface area contributed by atoms with Crippen LogP contribution in [0, 0.1) is 0 Å². The first-order chi connectivity index (χ1) is 15.7. The maximum atomic E-state index is 13.4. The van der Waals surface area contributed by atoms with E-state index in [4.69, 9.17) is 14.6 Å². The number of amides is 1. The minimum atomic E-state index is -5.08. The Hall–Kier alpha value is -3.23. The summed E-state index contributed by atoms with van der Waals surface area (Å²) in [6, 6.07) is 2.58. The number of carboxylic acid groups (broad SMARTS) is 1. The second-order valence-electron chi connectivity index (χ2n) is 7.81. The van der Waals surface area contributed by atoms with Crippen LogP contribution in [0.1, 0.15) is 25.3 Å². The van der Waals surface area contributed by atoms with Gasteiger partial charge in [-0.3, -0.25) is 4.79 Å². The van der Waals surface area contributed by atoms with Gasteiger partial charge in [-0.1, -0.05) is 0 Å². The number of fused-ring (bicyclic) bond motifs is 3. The van der Waals surface area contributed by atoms with E-state index in [0.717, 1.165) is 6.92 Å². The molecule has 0 spiro atoms. The number of hydrogen-bond acceptors (Lipinski definition) is 7. The summed E-state index contributed by atoms with van der Waals surface area (Å²) in [7, 11) is 0. The number of carbonyl (C=O) groups excluding carboxylic acids is 1. The zero-order valence-corrected chi connectivity index (χ0v) is 17.8. The molecular formula is C19H21F6N5O4. The van der Waals surface area contributed by atoms with Gasteiger partial charge in [0, 0.05) is 18.8 Å². The van der Waals surface area contributed by atoms with Gasteiger partial charge in [0.1, 0.15) is 18.4 Å². The number of hydrogen-bond donors (Lipinski definition) is 4. The third kappa shape index (κ3) is 5.29. The number of nitrogens with zero attached hydrogens (tertiary/aromatic N) is 2. The SMILES string of the molecule is CC1C(=O)NN=C2COc3cc(C(C)C(F)(F)F)c(NC4CNC4)cc3N21.O=C(O)C(F)(F)F. The van der Waals surface area contributed by atoms with E-state index in [9.17, 15) is 31.1 Å². The number of aliphatic carboxylic acids is 1. The van der Waals surface area contributed by atoms with Crippen molar-refractivity contribution in [1.82, 2.24) is 10.7 Å². The molecule has 1 saturated heterocycles. The highest BCUT2D eigenvalue weighted by atomic mass is 19.4. The van der Waals surface area contributed by atoms with Crippen molar-refractivity contribution in [2.45, 2.75) is 44.2 Å². The summed E-state index contributed by atoms with van der Waals surface area (Å²) in [5.41, 5.74) is 3.49. The molecule has 2 atom stereocenters. The summed E-state index contributed by atoms with van der Waals surface area (Å²) in [4.78, 5) is 22.6. The Labute approximate surface area is 189 Å². The van der Waals surface area contributed by atoms with E-state index < -0.39 is 30.3 Å². The van der Waals surface area contributed by atoms with Crippen molar-refractivity contribution in [3.8, 4) is 5.75 Å². The summed E-state index contributed by atoms with van der Waals surface area (Å²) in [6.07, 6.45) is -9.46. The highest BCUT2D eigenvalue weighted by Gasteiger charge is 2.41. The number of amidine groups is 1. The van der Waals surface area contributed by atoms with Crippen molar-refractivity contribution in [1.29, 1.82) is 0 Å². The van der Waals surface area contributed by atoms with Crippen LogP contribution < -0.4 is 25.7 Å². The summed E-state index contributed by atoms with van der Waals surface area (Å²) >= 11 is 0. The van der Waals surface area contributed by atoms with Gasteiger partial charge in [0.2, 0.25) is 0 Å². The summed E-state index contributed by atoms with van der Waals surface area (Å²) in [5, 5.41) is 17.4. The number of carboxylic acids is 1. The Balaban J connectivity index is 0.000000406. The van der Waals surface area contributed by atoms with Gasteiger partial charge in [0.25, 0.3) is 5.91 Å². The minimum Gasteiger partial charge on any atom is -0.483 e. The molecule has 1 fully saturated rings. The molecule has 4 rings (SSSR count). The quantitative estimate of drug-likeness (QED) is 0.474. The average Bonchev–Trinajstić information content (AvgIpc) is 2.71. The van der Waals surface area contributed by atoms with Gasteiger partial charge in [-0.25, -0.2) is 10.2 Å². The number of hydrazone groups is 1. The molecule has 1 aromatic rings. The number of carbonyl (C=O) groups is 2. The zero-order valence-electron chi connectivity index (χ0n) is 17.8. The Kier molecular flexibility index (Phi) is 6.87. The molecule has 15 heteroatoms. The van der Waals surface area contributed by atoms with Gasteiger partial charge in [-0.05, 0) is 31.5 Å². The second-order valence-corrected chi connectivity index (χ2v) is 7.81. The number of anilines is 2. The molecule has 4 N–H and O–H groups in total. The van der Waals surface area contributed by atoms with Crippen molar-refractivity contribution >= 4 is 29.1 Å². The molecule has 0 bridgehead atoms. The molecule has 0 aliphatic carbocycles. The number of rotatable bonds is 3. The van der Waals surface area contributed by atoms with Crippen LogP contribution >= 0.6 is 0 Å². The lowest BCUT2D eigenvalue weighted by atomic mass is 9.95. The second kappa shape index (κ2) is 9.19. The van der Waals surface area contributed by atoms with Gasteiger partial charge in [0.05, 0.1) is 17.6 Å². The fourth-order valence-electron chi connectivity index (χ4n) is 3.36. The molecule has 0 aromatic heterocycles. The smallest absolute Gasteiger partial charge is 0.483 e. The van der Waals surface area contributed by atoms with Crippen LogP contribution in [-0.2, 0) is 9.59 Å². The number of alkyl halides is 6. The molecule has 3 aliphatic heterocycles. The Morgan fingerprint density at radius 3 is 2.38 bits per heavy atom. The van der Waals surface area contributed by atoms with Crippen LogP contribution in [0.25, 0.3) is 0 Å². The molecule has 34 heavy (non-hydrogen) atoms. The van der Waals surface area contributed by atoms with Crippen LogP contribution in [0.4, 0.5) is 37.7 Å². The fraction of sp³-hybridized carbons (Fsp3) is 0.526. The van der Waals surface area contributed by atoms with E-state index in [1.165, 1.54) is 6.07 Å². The average molecular weight is 497 g/mol. The van der Waals surface area contributed by atoms with Crippen molar-refractivity contribution in [3.63, 3.8) is 0 Å². The molecule has 1 amide bonds. The lowest BCUT2D eigenvalue weighted by Crippen LogP contribution is -2.55. The van der Waals surface area contributed by atoms with Gasteiger partial charge < -0.3 is 25.4 Å². The van der Waals surface area contributed by atoms with Crippen molar-refractivity contribution < 1.29 is 45.8 Å². The lowest BCUT2D eigenvalue weighted by Gasteiger charge is -2.39. The fourth-order valence-corrected chi connectivity index (χ4v) is 3.36. The number of nitrogens with one attached hydrogen (secondary N) is 3. The Bertz CT molecular complexity index is 993. The topological polar surface area (TPSA) is 115 Å². The third-order valence-corrected chi connectivity index (χ3v) is 5.43. The normalized spacial score (nSPS) is 20.8. The van der Waals surface area contributed by atoms with Crippen LogP contribution in [0.5, 0.6) is 5.75 Å². The third-order valence-electron chi connectivity index (χ3n) is 5.43. The van der Waals surface area contributed by atoms with Crippen LogP contribution in [0.3, 0.4) is 0 Å². The molecule has 0 saturated carbocycles. The highest BCUT2D eigenvalue weighted by molar-refractivity contribution is 6.09. The molecule has 188 valence electrons. The Morgan fingerprint density at radius 2 is 1.88 bits per heavy atom. The monoisotopic (exact) mass is 497 g/mol. The van der Waals surface area contributed by atoms with Gasteiger partial charge in [-0.15, -0.1) is 0 Å². The van der Waals surface area contributed by atoms with E-state index in [0.29, 0.717) is 36.0 Å². The predicted molar refractivity (Wildman–Crippen MR) is 108 cm³/mol. The van der Waals surface area contributed by atoms with E-state index in [-0.39, 0.29) is 24.1 Å². The van der Waals surface area contributed by atoms with Crippen LogP contribution in [0.15, 0.2) is 17.2 Å². The van der Waals surface area contributed by atoms with Crippen LogP contribution in [-0.4, -0.2) is 67.0 Å². The van der Waals surface area contributed by atoms with Crippen LogP contribution in [0.2, 0.25) is 0 Å². The minimum absolute atomic E-state index is 0.0574. The molecule has 0 radical (unpaired) electrons. The largest absolute Gasteiger partial charge is 0.490 e. The molecule has 2 unspecified atom stereocenters. The maximum absolute atomic E-state index is 13.4. The number of benzene rings is 1. The molecule has 1 aromatic carbocycles. The first-order valence-corrected chi connectivity index (χ1v) is 10.0. The van der Waals surface area contributed by atoms with Crippen molar-refractivity contribution in [3.05, 3.63) is 17.7 Å². The molecule has 3 aliphatic rings. The van der Waals surface area contributed by atoms with Crippen molar-refractivity contribution in [2.24, 2.45) is 5.10 Å². The first kappa shape index (κ1) is 25.4. The van der Waals surface area contributed by atoms with E-state index in [1.54, 1.807) is 17.9 Å². The van der Waals surface area contributed by atoms with Crippen molar-refractivity contribution in [2.75, 3.05) is 29.9 Å².